The molecule has 1 atom stereocenters. The average molecular weight is 1200 g/mol. The molecule has 0 rings (SSSR count). The van der Waals surface area contributed by atoms with Crippen LogP contribution in [0.2, 0.25) is 0 Å². The highest BCUT2D eigenvalue weighted by atomic mass is 16.6. The number of allylic oxidation sites excluding steroid dienone is 12. The molecule has 0 spiro atoms. The van der Waals surface area contributed by atoms with Gasteiger partial charge in [-0.25, -0.2) is 0 Å². The maximum atomic E-state index is 12.4. The Labute approximate surface area is 537 Å². The van der Waals surface area contributed by atoms with Crippen molar-refractivity contribution < 1.29 is 24.2 Å². The lowest BCUT2D eigenvalue weighted by Gasteiger charge is -2.15. The topological polar surface area (TPSA) is 72.8 Å². The molecular weight excluding hydrogens is 1050 g/mol. The Morgan fingerprint density at radius 3 is 0.767 bits per heavy atom. The van der Waals surface area contributed by atoms with E-state index in [0.29, 0.717) is 12.8 Å². The zero-order valence-corrected chi connectivity index (χ0v) is 57.8. The second-order valence-corrected chi connectivity index (χ2v) is 26.1. The molecule has 86 heavy (non-hydrogen) atoms. The fourth-order valence-electron chi connectivity index (χ4n) is 11.8. The standard InChI is InChI=1S/C81H148O5/c1-3-5-7-9-11-13-15-17-19-21-23-25-27-29-31-33-35-37-38-39-40-41-42-44-45-47-49-51-53-55-57-59-61-63-65-67-69-71-73-75-80(83)85-78-79(77-82)86-81(84)76-74-72-70-68-66-64-62-60-58-56-54-52-50-48-46-43-36-34-32-30-28-26-24-22-20-18-16-14-12-10-8-6-4-2/h6,8,12,14,18,20-21,23-24,26,30,32,79,82H,3-5,7,9-11,13,15-17,19,22,25,27-29,31,33-78H2,1-2H3/b8-6-,14-12-,20-18-,23-21-,26-24-,32-30-. The number of unbranched alkanes of at least 4 members (excludes halogenated alkanes) is 52. The first kappa shape index (κ1) is 83.3. The first-order chi connectivity index (χ1) is 42.6. The van der Waals surface area contributed by atoms with Gasteiger partial charge in [-0.1, -0.05) is 389 Å². The number of carbonyl (C=O) groups is 2. The van der Waals surface area contributed by atoms with Gasteiger partial charge in [-0.2, -0.15) is 0 Å². The molecule has 0 aliphatic heterocycles. The van der Waals surface area contributed by atoms with Crippen LogP contribution in [0, 0.1) is 0 Å². The van der Waals surface area contributed by atoms with Crippen molar-refractivity contribution in [3.8, 4) is 0 Å². The molecule has 0 saturated heterocycles. The number of esters is 2. The minimum Gasteiger partial charge on any atom is -0.462 e. The minimum atomic E-state index is -0.773. The van der Waals surface area contributed by atoms with E-state index in [0.717, 1.165) is 70.6 Å². The Kier molecular flexibility index (Phi) is 74.2. The van der Waals surface area contributed by atoms with E-state index in [9.17, 15) is 14.7 Å². The van der Waals surface area contributed by atoms with Gasteiger partial charge in [0.25, 0.3) is 0 Å². The van der Waals surface area contributed by atoms with Crippen molar-refractivity contribution in [3.63, 3.8) is 0 Å². The molecular formula is C81H148O5. The van der Waals surface area contributed by atoms with Gasteiger partial charge in [-0.3, -0.25) is 9.59 Å². The number of carbonyl (C=O) groups excluding carboxylic acids is 2. The maximum Gasteiger partial charge on any atom is 0.306 e. The molecule has 1 N–H and O–H groups in total. The van der Waals surface area contributed by atoms with Crippen LogP contribution in [0.5, 0.6) is 0 Å². The SMILES string of the molecule is CC/C=C\C/C=C\C/C=C\C/C=C\C/C=C\CCCCCCCCCCCCCCCCCCCC(=O)OC(CO)COC(=O)CCCCCCCCCCCCCCCCCCCCCCCCCCCCC/C=C\CCCCCCCCCC. The molecule has 0 amide bonds. The van der Waals surface area contributed by atoms with Gasteiger partial charge >= 0.3 is 11.9 Å². The first-order valence-corrected chi connectivity index (χ1v) is 38.5. The van der Waals surface area contributed by atoms with Crippen molar-refractivity contribution >= 4 is 11.9 Å². The number of rotatable bonds is 72. The Morgan fingerprint density at radius 1 is 0.279 bits per heavy atom. The minimum absolute atomic E-state index is 0.0617. The van der Waals surface area contributed by atoms with Crippen LogP contribution in [0.1, 0.15) is 412 Å². The smallest absolute Gasteiger partial charge is 0.306 e. The van der Waals surface area contributed by atoms with Crippen LogP contribution in [0.3, 0.4) is 0 Å². The van der Waals surface area contributed by atoms with Crippen LogP contribution in [-0.2, 0) is 19.1 Å². The van der Waals surface area contributed by atoms with Gasteiger partial charge in [-0.05, 0) is 83.5 Å². The predicted octanol–water partition coefficient (Wildman–Crippen LogP) is 27.0. The molecule has 1 unspecified atom stereocenters. The van der Waals surface area contributed by atoms with E-state index in [-0.39, 0.29) is 25.2 Å². The fourth-order valence-corrected chi connectivity index (χ4v) is 11.8. The number of hydrogen-bond donors (Lipinski definition) is 1. The molecule has 0 aromatic heterocycles. The summed E-state index contributed by atoms with van der Waals surface area (Å²) >= 11 is 0. The van der Waals surface area contributed by atoms with E-state index < -0.39 is 6.10 Å². The highest BCUT2D eigenvalue weighted by Gasteiger charge is 2.16. The van der Waals surface area contributed by atoms with Crippen molar-refractivity contribution in [2.75, 3.05) is 13.2 Å². The average Bonchev–Trinajstić information content (AvgIpc) is 3.55. The zero-order valence-electron chi connectivity index (χ0n) is 57.8. The van der Waals surface area contributed by atoms with Gasteiger partial charge in [0.2, 0.25) is 0 Å². The van der Waals surface area contributed by atoms with E-state index in [1.54, 1.807) is 0 Å². The summed E-state index contributed by atoms with van der Waals surface area (Å²) in [5.41, 5.74) is 0. The van der Waals surface area contributed by atoms with Gasteiger partial charge in [0, 0.05) is 12.8 Å². The van der Waals surface area contributed by atoms with Crippen LogP contribution in [0.4, 0.5) is 0 Å². The molecule has 0 saturated carbocycles. The predicted molar refractivity (Wildman–Crippen MR) is 380 cm³/mol. The number of aliphatic hydroxyl groups is 1. The normalized spacial score (nSPS) is 12.5. The molecule has 0 fully saturated rings. The van der Waals surface area contributed by atoms with Gasteiger partial charge in [0.15, 0.2) is 6.10 Å². The van der Waals surface area contributed by atoms with Crippen LogP contribution in [0.25, 0.3) is 0 Å². The molecule has 0 aromatic carbocycles. The Morgan fingerprint density at radius 2 is 0.500 bits per heavy atom. The van der Waals surface area contributed by atoms with Crippen molar-refractivity contribution in [1.29, 1.82) is 0 Å². The summed E-state index contributed by atoms with van der Waals surface area (Å²) in [7, 11) is 0. The fraction of sp³-hybridized carbons (Fsp3) is 0.827. The van der Waals surface area contributed by atoms with Crippen LogP contribution >= 0.6 is 0 Å². The molecule has 5 heteroatoms. The van der Waals surface area contributed by atoms with Gasteiger partial charge in [-0.15, -0.1) is 0 Å². The largest absolute Gasteiger partial charge is 0.462 e. The quantitative estimate of drug-likeness (QED) is 0.0373. The van der Waals surface area contributed by atoms with Crippen LogP contribution < -0.4 is 0 Å². The van der Waals surface area contributed by atoms with E-state index in [2.05, 4.69) is 86.8 Å². The second kappa shape index (κ2) is 76.6. The van der Waals surface area contributed by atoms with Crippen LogP contribution in [0.15, 0.2) is 72.9 Å². The summed E-state index contributed by atoms with van der Waals surface area (Å²) in [4.78, 5) is 24.7. The van der Waals surface area contributed by atoms with E-state index >= 15 is 0 Å². The van der Waals surface area contributed by atoms with E-state index in [1.165, 1.54) is 315 Å². The molecule has 5 nitrogen and oxygen atoms in total. The lowest BCUT2D eigenvalue weighted by Crippen LogP contribution is -2.28. The third-order valence-corrected chi connectivity index (χ3v) is 17.5. The van der Waals surface area contributed by atoms with Crippen molar-refractivity contribution in [2.24, 2.45) is 0 Å². The first-order valence-electron chi connectivity index (χ1n) is 38.5. The lowest BCUT2D eigenvalue weighted by molar-refractivity contribution is -0.161. The molecule has 0 heterocycles. The lowest BCUT2D eigenvalue weighted by atomic mass is 10.0. The van der Waals surface area contributed by atoms with Gasteiger partial charge in [0.1, 0.15) is 6.61 Å². The molecule has 0 aliphatic rings. The summed E-state index contributed by atoms with van der Waals surface area (Å²) in [6.07, 6.45) is 107. The maximum absolute atomic E-state index is 12.4. The highest BCUT2D eigenvalue weighted by molar-refractivity contribution is 5.70. The molecule has 502 valence electrons. The molecule has 0 radical (unpaired) electrons. The summed E-state index contributed by atoms with van der Waals surface area (Å²) in [5.74, 6) is -0.569. The second-order valence-electron chi connectivity index (χ2n) is 26.1. The summed E-state index contributed by atoms with van der Waals surface area (Å²) < 4.78 is 10.8. The monoisotopic (exact) mass is 1200 g/mol. The highest BCUT2D eigenvalue weighted by Crippen LogP contribution is 2.19. The summed E-state index contributed by atoms with van der Waals surface area (Å²) in [6, 6.07) is 0. The molecule has 0 aliphatic carbocycles. The third kappa shape index (κ3) is 73.8. The summed E-state index contributed by atoms with van der Waals surface area (Å²) in [5, 5.41) is 9.72. The Hall–Kier alpha value is -2.66. The Balaban J connectivity index is 3.38. The zero-order chi connectivity index (χ0) is 61.9. The molecule has 0 aromatic rings. The van der Waals surface area contributed by atoms with Crippen LogP contribution in [-0.4, -0.2) is 36.4 Å². The summed E-state index contributed by atoms with van der Waals surface area (Å²) in [6.45, 7) is 4.08. The third-order valence-electron chi connectivity index (χ3n) is 17.5. The molecule has 0 bridgehead atoms. The van der Waals surface area contributed by atoms with E-state index in [1.807, 2.05) is 0 Å². The number of aliphatic hydroxyl groups excluding tert-OH is 1. The van der Waals surface area contributed by atoms with Crippen molar-refractivity contribution in [1.82, 2.24) is 0 Å². The number of hydrogen-bond acceptors (Lipinski definition) is 5. The number of ether oxygens (including phenoxy) is 2. The Bertz CT molecular complexity index is 1500. The van der Waals surface area contributed by atoms with Crippen molar-refractivity contribution in [3.05, 3.63) is 72.9 Å². The van der Waals surface area contributed by atoms with Gasteiger partial charge < -0.3 is 14.6 Å². The van der Waals surface area contributed by atoms with Crippen molar-refractivity contribution in [2.45, 2.75) is 418 Å². The van der Waals surface area contributed by atoms with Gasteiger partial charge in [0.05, 0.1) is 6.61 Å². The van der Waals surface area contributed by atoms with E-state index in [4.69, 9.17) is 9.47 Å².